The van der Waals surface area contributed by atoms with Crippen molar-refractivity contribution in [2.75, 3.05) is 46.2 Å². The molecule has 0 bridgehead atoms. The van der Waals surface area contributed by atoms with E-state index in [-0.39, 0.29) is 32.2 Å². The Balaban J connectivity index is 0.808. The fourth-order valence-electron chi connectivity index (χ4n) is 10.8. The highest BCUT2D eigenvalue weighted by Crippen LogP contribution is 2.43. The number of hydrogen-bond acceptors (Lipinski definition) is 10. The molecular weight excluding hydrogens is 922 g/mol. The number of fused-ring (bicyclic) bond motifs is 4. The summed E-state index contributed by atoms with van der Waals surface area (Å²) in [5.41, 5.74) is 5.10. The quantitative estimate of drug-likeness (QED) is 0.0177. The predicted octanol–water partition coefficient (Wildman–Crippen LogP) is 14.1. The molecule has 6 aromatic rings. The van der Waals surface area contributed by atoms with Crippen molar-refractivity contribution in [1.29, 1.82) is 0 Å². The first-order valence-corrected chi connectivity index (χ1v) is 27.0. The molecule has 376 valence electrons. The van der Waals surface area contributed by atoms with Gasteiger partial charge in [0.1, 0.15) is 19.0 Å². The van der Waals surface area contributed by atoms with Crippen LogP contribution in [0, 0.1) is 46.7 Å². The maximum atomic E-state index is 15.6. The number of esters is 1. The molecule has 3 heterocycles. The number of pyridine rings is 1. The largest absolute Gasteiger partial charge is 0.493 e. The summed E-state index contributed by atoms with van der Waals surface area (Å²) in [5, 5.41) is 11.2. The molecule has 0 N–H and O–H groups in total. The van der Waals surface area contributed by atoms with Crippen LogP contribution in [0.2, 0.25) is 0 Å². The van der Waals surface area contributed by atoms with Gasteiger partial charge in [0.15, 0.2) is 11.6 Å². The Morgan fingerprint density at radius 2 is 1.61 bits per heavy atom. The third-order valence-corrected chi connectivity index (χ3v) is 16.5. The number of thiophene rings is 1. The van der Waals surface area contributed by atoms with Gasteiger partial charge in [0.25, 0.3) is 0 Å². The lowest BCUT2D eigenvalue weighted by Gasteiger charge is -2.41. The molecule has 1 saturated heterocycles. The van der Waals surface area contributed by atoms with Crippen LogP contribution in [-0.2, 0) is 19.0 Å². The topological polar surface area (TPSA) is 101 Å². The number of rotatable bonds is 21. The number of ether oxygens (including phenoxy) is 5. The first kappa shape index (κ1) is 51.0. The maximum Gasteiger partial charge on any atom is 0.333 e. The summed E-state index contributed by atoms with van der Waals surface area (Å²) in [5.74, 6) is 9.88. The Hall–Kier alpha value is -5.93. The molecule has 4 aromatic carbocycles. The second-order valence-corrected chi connectivity index (χ2v) is 21.4. The van der Waals surface area contributed by atoms with Crippen LogP contribution >= 0.6 is 11.3 Å². The Labute approximate surface area is 428 Å². The van der Waals surface area contributed by atoms with Gasteiger partial charge in [-0.3, -0.25) is 4.98 Å². The number of benzene rings is 4. The van der Waals surface area contributed by atoms with E-state index in [0.29, 0.717) is 34.3 Å². The lowest BCUT2D eigenvalue weighted by molar-refractivity contribution is -0.140. The molecule has 0 unspecified atom stereocenters. The molecule has 3 aliphatic rings. The number of unbranched alkanes of at least 4 members (excludes halogenated alkanes) is 1. The molecule has 0 atom stereocenters. The van der Waals surface area contributed by atoms with Gasteiger partial charge in [-0.15, -0.1) is 11.3 Å². The van der Waals surface area contributed by atoms with Gasteiger partial charge in [-0.1, -0.05) is 81.7 Å². The first-order valence-electron chi connectivity index (χ1n) is 26.2. The highest BCUT2D eigenvalue weighted by Gasteiger charge is 2.36. The third-order valence-electron chi connectivity index (χ3n) is 15.4. The van der Waals surface area contributed by atoms with E-state index in [1.54, 1.807) is 42.8 Å². The molecule has 72 heavy (non-hydrogen) atoms. The minimum Gasteiger partial charge on any atom is -0.493 e. The van der Waals surface area contributed by atoms with Crippen molar-refractivity contribution in [2.24, 2.45) is 39.3 Å². The summed E-state index contributed by atoms with van der Waals surface area (Å²) in [4.78, 5) is 16.1. The first-order chi connectivity index (χ1) is 35.2. The maximum absolute atomic E-state index is 15.6. The van der Waals surface area contributed by atoms with E-state index in [0.717, 1.165) is 79.3 Å². The van der Waals surface area contributed by atoms with Crippen molar-refractivity contribution in [3.63, 3.8) is 0 Å². The van der Waals surface area contributed by atoms with Gasteiger partial charge in [0, 0.05) is 49.3 Å². The van der Waals surface area contributed by atoms with E-state index in [2.05, 4.69) is 58.7 Å². The van der Waals surface area contributed by atoms with Gasteiger partial charge >= 0.3 is 5.97 Å². The monoisotopic (exact) mass is 989 g/mol. The van der Waals surface area contributed by atoms with Gasteiger partial charge in [-0.2, -0.15) is 10.2 Å². The summed E-state index contributed by atoms with van der Waals surface area (Å²) in [6.07, 6.45) is 22.9. The van der Waals surface area contributed by atoms with Crippen molar-refractivity contribution in [3.8, 4) is 23.3 Å². The molecule has 3 fully saturated rings. The number of hydrogen-bond donors (Lipinski definition) is 0. The minimum atomic E-state index is -0.463. The van der Waals surface area contributed by atoms with Gasteiger partial charge < -0.3 is 23.7 Å². The molecule has 2 aromatic heterocycles. The molecule has 9 rings (SSSR count). The van der Waals surface area contributed by atoms with E-state index >= 15 is 4.39 Å². The number of nitrogens with zero attached hydrogens (tertiary/aromatic N) is 3. The third kappa shape index (κ3) is 13.2. The van der Waals surface area contributed by atoms with E-state index in [9.17, 15) is 4.79 Å². The van der Waals surface area contributed by atoms with Gasteiger partial charge in [0.05, 0.1) is 55.7 Å². The van der Waals surface area contributed by atoms with Crippen molar-refractivity contribution in [1.82, 2.24) is 4.98 Å². The van der Waals surface area contributed by atoms with Crippen LogP contribution in [0.5, 0.6) is 11.5 Å². The molecule has 2 aliphatic carbocycles. The molecule has 2 saturated carbocycles. The smallest absolute Gasteiger partial charge is 0.333 e. The summed E-state index contributed by atoms with van der Waals surface area (Å²) < 4.78 is 46.1. The summed E-state index contributed by atoms with van der Waals surface area (Å²) in [7, 11) is 0. The summed E-state index contributed by atoms with van der Waals surface area (Å²) in [6, 6.07) is 25.2. The predicted molar refractivity (Wildman–Crippen MR) is 289 cm³/mol. The highest BCUT2D eigenvalue weighted by atomic mass is 32.1. The number of halogens is 1. The Kier molecular flexibility index (Phi) is 17.5. The molecule has 11 heteroatoms. The van der Waals surface area contributed by atoms with Gasteiger partial charge in [0.2, 0.25) is 0 Å². The standard InChI is InChI=1S/C61H68FN3O6S/c1-4-61(40-68-41-61)28-6-5-8-43-10-17-47(18-11-43)48-20-13-45(14-21-48)39-71-52-24-22-49(51(36-52)38-65-64-37-46-16-26-54-57(35-46)72-56-9-7-29-63-59(54)56)19-12-44-15-25-53-50(34-44)23-27-55(58(53)62)69-32-30-67-31-33-70-60(66)42(2)3/h7,9,15-16,22-27,29,34-38,43,45,47-48H,2,4-6,8,10-11,13-14,17-18,20-21,28,30-33,39-41H2,1,3H3/b64-37+,65-38+. The van der Waals surface area contributed by atoms with Crippen LogP contribution in [-0.4, -0.2) is 69.6 Å². The fraction of sp³-hybridized carbons (Fsp3) is 0.443. The zero-order chi connectivity index (χ0) is 49.7. The molecule has 0 spiro atoms. The molecular formula is C61H68FN3O6S. The van der Waals surface area contributed by atoms with Crippen LogP contribution in [0.4, 0.5) is 4.39 Å². The van der Waals surface area contributed by atoms with E-state index in [1.807, 2.05) is 54.7 Å². The Morgan fingerprint density at radius 3 is 2.39 bits per heavy atom. The van der Waals surface area contributed by atoms with E-state index < -0.39 is 11.8 Å². The number of carbonyl (C=O) groups excluding carboxylic acids is 1. The normalized spacial score (nSPS) is 19.9. The van der Waals surface area contributed by atoms with Crippen LogP contribution in [0.15, 0.2) is 107 Å². The SMILES string of the molecule is C=C(C)C(=O)OCCOCCOc1ccc2cc(C#Cc3ccc(OCC4CCC(C5CCC(CCCCC6(CC)COC6)CC5)CC4)cc3/C=N/N=C/c3ccc4c(c3)sc3cccnc34)ccc2c1F. The second kappa shape index (κ2) is 24.7. The fourth-order valence-corrected chi connectivity index (χ4v) is 11.9. The van der Waals surface area contributed by atoms with Crippen molar-refractivity contribution < 1.29 is 32.9 Å². The molecule has 0 amide bonds. The second-order valence-electron chi connectivity index (χ2n) is 20.4. The Morgan fingerprint density at radius 1 is 0.833 bits per heavy atom. The van der Waals surface area contributed by atoms with Crippen LogP contribution in [0.25, 0.3) is 31.1 Å². The van der Waals surface area contributed by atoms with Gasteiger partial charge in [-0.25, -0.2) is 9.18 Å². The summed E-state index contributed by atoms with van der Waals surface area (Å²) >= 11 is 1.72. The minimum absolute atomic E-state index is 0.105. The lowest BCUT2D eigenvalue weighted by Crippen LogP contribution is -2.41. The summed E-state index contributed by atoms with van der Waals surface area (Å²) in [6.45, 7) is 10.8. The zero-order valence-corrected chi connectivity index (χ0v) is 42.8. The van der Waals surface area contributed by atoms with Gasteiger partial charge in [-0.05, 0) is 148 Å². The average molecular weight is 990 g/mol. The average Bonchev–Trinajstić information content (AvgIpc) is 3.77. The lowest BCUT2D eigenvalue weighted by atomic mass is 9.68. The molecule has 9 nitrogen and oxygen atoms in total. The van der Waals surface area contributed by atoms with Crippen molar-refractivity contribution in [2.45, 2.75) is 97.3 Å². The van der Waals surface area contributed by atoms with Crippen molar-refractivity contribution >= 4 is 60.8 Å². The van der Waals surface area contributed by atoms with Crippen molar-refractivity contribution in [3.05, 3.63) is 125 Å². The van der Waals surface area contributed by atoms with E-state index in [1.165, 1.54) is 83.5 Å². The Bertz CT molecular complexity index is 2950. The number of aromatic nitrogens is 1. The zero-order valence-electron chi connectivity index (χ0n) is 42.0. The van der Waals surface area contributed by atoms with Crippen LogP contribution < -0.4 is 9.47 Å². The number of carbonyl (C=O) groups is 1. The molecule has 0 radical (unpaired) electrons. The van der Waals surface area contributed by atoms with Crippen LogP contribution in [0.3, 0.4) is 0 Å². The van der Waals surface area contributed by atoms with E-state index in [4.69, 9.17) is 23.7 Å². The van der Waals surface area contributed by atoms with Crippen LogP contribution in [0.1, 0.15) is 120 Å². The molecule has 1 aliphatic heterocycles. The highest BCUT2D eigenvalue weighted by molar-refractivity contribution is 7.25.